The lowest BCUT2D eigenvalue weighted by atomic mass is 9.77. The van der Waals surface area contributed by atoms with Gasteiger partial charge < -0.3 is 42.6 Å². The van der Waals surface area contributed by atoms with Gasteiger partial charge in [0.25, 0.3) is 0 Å². The molecule has 1 aliphatic rings. The Bertz CT molecular complexity index is 2490. The average Bonchev–Trinajstić information content (AvgIpc) is 3.40. The number of ether oxygens (including phenoxy) is 6. The third kappa shape index (κ3) is 13.5. The van der Waals surface area contributed by atoms with Crippen LogP contribution in [0.1, 0.15) is 38.9 Å². The van der Waals surface area contributed by atoms with Crippen LogP contribution in [0.5, 0.6) is 5.75 Å². The SMILES string of the molecule is COc1ccc(CO[C@H]2[C@H](OCc3ccccc3)[C@@H](OCc3ccccc3)[C@H](OCc3ccccc3)C([C@@H](O)P(=O)(OCc3ccccc3)OCc3ccccc3)[C@H]2OCc2ccccc2)cc1. The van der Waals surface area contributed by atoms with Gasteiger partial charge in [0.15, 0.2) is 5.85 Å². The molecule has 7 aromatic carbocycles. The van der Waals surface area contributed by atoms with Gasteiger partial charge in [0.2, 0.25) is 0 Å². The van der Waals surface area contributed by atoms with Gasteiger partial charge >= 0.3 is 7.60 Å². The molecule has 1 fully saturated rings. The normalized spacial score (nSPS) is 19.9. The lowest BCUT2D eigenvalue weighted by Crippen LogP contribution is -2.66. The van der Waals surface area contributed by atoms with Crippen LogP contribution in [0.2, 0.25) is 0 Å². The Morgan fingerprint density at radius 1 is 0.368 bits per heavy atom. The minimum Gasteiger partial charge on any atom is -0.497 e. The third-order valence-electron chi connectivity index (χ3n) is 12.0. The van der Waals surface area contributed by atoms with Gasteiger partial charge in [-0.3, -0.25) is 4.57 Å². The first-order valence-corrected chi connectivity index (χ1v) is 24.6. The van der Waals surface area contributed by atoms with Gasteiger partial charge in [0.1, 0.15) is 24.1 Å². The second-order valence-electron chi connectivity index (χ2n) is 16.7. The molecule has 11 heteroatoms. The highest BCUT2D eigenvalue weighted by molar-refractivity contribution is 7.54. The van der Waals surface area contributed by atoms with Crippen molar-refractivity contribution in [3.63, 3.8) is 0 Å². The molecule has 0 saturated heterocycles. The van der Waals surface area contributed by atoms with Crippen molar-refractivity contribution in [3.8, 4) is 5.75 Å². The summed E-state index contributed by atoms with van der Waals surface area (Å²) < 4.78 is 69.5. The van der Waals surface area contributed by atoms with Crippen LogP contribution in [0.3, 0.4) is 0 Å². The van der Waals surface area contributed by atoms with E-state index in [0.717, 1.165) is 38.9 Å². The molecule has 1 saturated carbocycles. The first kappa shape index (κ1) is 48.7. The van der Waals surface area contributed by atoms with E-state index in [9.17, 15) is 5.11 Å². The van der Waals surface area contributed by atoms with Crippen molar-refractivity contribution < 1.29 is 47.1 Å². The Balaban J connectivity index is 1.27. The molecule has 0 aliphatic heterocycles. The molecular weight excluding hydrogens is 876 g/mol. The number of aliphatic hydroxyl groups excluding tert-OH is 1. The molecule has 7 atom stereocenters. The molecular formula is C57H59O10P. The van der Waals surface area contributed by atoms with Crippen LogP contribution < -0.4 is 4.74 Å². The quantitative estimate of drug-likeness (QED) is 0.0588. The van der Waals surface area contributed by atoms with Crippen LogP contribution in [-0.2, 0) is 83.5 Å². The van der Waals surface area contributed by atoms with Gasteiger partial charge in [-0.1, -0.05) is 194 Å². The predicted molar refractivity (Wildman–Crippen MR) is 261 cm³/mol. The fourth-order valence-electron chi connectivity index (χ4n) is 8.37. The molecule has 10 nitrogen and oxygen atoms in total. The summed E-state index contributed by atoms with van der Waals surface area (Å²) >= 11 is 0. The maximum atomic E-state index is 15.9. The molecule has 7 aromatic rings. The Hall–Kier alpha value is -5.75. The number of benzene rings is 7. The van der Waals surface area contributed by atoms with Gasteiger partial charge in [-0.05, 0) is 51.1 Å². The summed E-state index contributed by atoms with van der Waals surface area (Å²) in [6.45, 7) is 0.519. The molecule has 0 aromatic heterocycles. The molecule has 0 spiro atoms. The van der Waals surface area contributed by atoms with E-state index in [2.05, 4.69) is 0 Å². The summed E-state index contributed by atoms with van der Waals surface area (Å²) in [5.41, 5.74) is 5.96. The largest absolute Gasteiger partial charge is 0.497 e. The van der Waals surface area contributed by atoms with Crippen molar-refractivity contribution in [2.75, 3.05) is 7.11 Å². The minimum absolute atomic E-state index is 0.101. The average molecular weight is 935 g/mol. The molecule has 1 N–H and O–H groups in total. The lowest BCUT2D eigenvalue weighted by Gasteiger charge is -2.51. The monoisotopic (exact) mass is 934 g/mol. The molecule has 1 unspecified atom stereocenters. The summed E-state index contributed by atoms with van der Waals surface area (Å²) in [6.07, 6.45) is -4.83. The predicted octanol–water partition coefficient (Wildman–Crippen LogP) is 11.5. The number of aliphatic hydroxyl groups is 1. The molecule has 352 valence electrons. The summed E-state index contributed by atoms with van der Waals surface area (Å²) in [4.78, 5) is 0. The van der Waals surface area contributed by atoms with Crippen LogP contribution in [0.15, 0.2) is 206 Å². The smallest absolute Gasteiger partial charge is 0.360 e. The van der Waals surface area contributed by atoms with Crippen LogP contribution in [-0.4, -0.2) is 48.6 Å². The number of methoxy groups -OCH3 is 1. The van der Waals surface area contributed by atoms with Gasteiger partial charge in [0, 0.05) is 0 Å². The van der Waals surface area contributed by atoms with Crippen molar-refractivity contribution in [2.24, 2.45) is 5.92 Å². The maximum Gasteiger partial charge on any atom is 0.360 e. The van der Waals surface area contributed by atoms with E-state index >= 15 is 4.57 Å². The number of hydrogen-bond acceptors (Lipinski definition) is 10. The van der Waals surface area contributed by atoms with Crippen molar-refractivity contribution >= 4 is 7.60 Å². The second kappa shape index (κ2) is 25.0. The summed E-state index contributed by atoms with van der Waals surface area (Å²) in [7, 11) is -2.92. The van der Waals surface area contributed by atoms with Crippen LogP contribution >= 0.6 is 7.60 Å². The Morgan fingerprint density at radius 2 is 0.618 bits per heavy atom. The first-order chi connectivity index (χ1) is 33.5. The van der Waals surface area contributed by atoms with Gasteiger partial charge in [0.05, 0.1) is 71.5 Å². The highest BCUT2D eigenvalue weighted by atomic mass is 31.2. The van der Waals surface area contributed by atoms with Crippen molar-refractivity contribution in [1.29, 1.82) is 0 Å². The van der Waals surface area contributed by atoms with Gasteiger partial charge in [-0.15, -0.1) is 0 Å². The molecule has 0 amide bonds. The van der Waals surface area contributed by atoms with Crippen molar-refractivity contribution in [1.82, 2.24) is 0 Å². The molecule has 0 radical (unpaired) electrons. The van der Waals surface area contributed by atoms with E-state index in [-0.39, 0.29) is 46.2 Å². The molecule has 0 heterocycles. The van der Waals surface area contributed by atoms with E-state index in [1.165, 1.54) is 0 Å². The van der Waals surface area contributed by atoms with E-state index in [0.29, 0.717) is 5.75 Å². The standard InChI is InChI=1S/C57H59O10P/c1-60-50-34-32-49(33-35-50)40-64-55-53(62-37-44-22-10-3-11-23-44)51(57(58)68(59,66-41-47-28-16-6-17-29-47)67-42-48-30-18-7-19-31-48)52(61-36-43-20-8-2-9-21-43)54(63-38-45-24-12-4-13-25-45)56(55)65-39-46-26-14-5-15-27-46/h2-35,51-58H,36-42H2,1H3/t51?,52-,53-,54+,55-,56-,57+/m1/s1. The van der Waals surface area contributed by atoms with Crippen LogP contribution in [0.25, 0.3) is 0 Å². The van der Waals surface area contributed by atoms with Crippen LogP contribution in [0, 0.1) is 5.92 Å². The zero-order valence-electron chi connectivity index (χ0n) is 38.2. The summed E-state index contributed by atoms with van der Waals surface area (Å²) in [5, 5.41) is 13.3. The van der Waals surface area contributed by atoms with Gasteiger partial charge in [-0.25, -0.2) is 0 Å². The highest BCUT2D eigenvalue weighted by Gasteiger charge is 2.60. The van der Waals surface area contributed by atoms with E-state index in [1.807, 2.05) is 206 Å². The second-order valence-corrected chi connectivity index (χ2v) is 18.8. The van der Waals surface area contributed by atoms with Gasteiger partial charge in [-0.2, -0.15) is 0 Å². The lowest BCUT2D eigenvalue weighted by molar-refractivity contribution is -0.278. The van der Waals surface area contributed by atoms with E-state index in [4.69, 9.17) is 37.5 Å². The third-order valence-corrected chi connectivity index (χ3v) is 13.9. The van der Waals surface area contributed by atoms with Crippen molar-refractivity contribution in [3.05, 3.63) is 245 Å². The first-order valence-electron chi connectivity index (χ1n) is 23.0. The number of hydrogen-bond donors (Lipinski definition) is 1. The Kier molecular flexibility index (Phi) is 17.9. The molecule has 68 heavy (non-hydrogen) atoms. The minimum atomic E-state index is -4.55. The molecule has 8 rings (SSSR count). The Morgan fingerprint density at radius 3 is 0.912 bits per heavy atom. The maximum absolute atomic E-state index is 15.9. The fraction of sp³-hybridized carbons (Fsp3) is 0.263. The molecule has 0 bridgehead atoms. The van der Waals surface area contributed by atoms with E-state index < -0.39 is 49.9 Å². The number of rotatable bonds is 24. The van der Waals surface area contributed by atoms with Crippen molar-refractivity contribution in [2.45, 2.75) is 82.6 Å². The topological polar surface area (TPSA) is 111 Å². The summed E-state index contributed by atoms with van der Waals surface area (Å²) in [5.74, 6) is -2.28. The van der Waals surface area contributed by atoms with E-state index in [1.54, 1.807) is 7.11 Å². The highest BCUT2D eigenvalue weighted by Crippen LogP contribution is 2.59. The fourth-order valence-corrected chi connectivity index (χ4v) is 10.2. The Labute approximate surface area is 399 Å². The zero-order valence-corrected chi connectivity index (χ0v) is 39.1. The molecule has 1 aliphatic carbocycles. The summed E-state index contributed by atoms with van der Waals surface area (Å²) in [6, 6.07) is 65.7. The van der Waals surface area contributed by atoms with Crippen LogP contribution in [0.4, 0.5) is 0 Å². The zero-order chi connectivity index (χ0) is 46.8.